The van der Waals surface area contributed by atoms with Crippen molar-refractivity contribution in [2.24, 2.45) is 5.41 Å². The molecule has 0 heterocycles. The third-order valence-corrected chi connectivity index (χ3v) is 1.28. The van der Waals surface area contributed by atoms with Crippen LogP contribution in [0.1, 0.15) is 47.0 Å². The summed E-state index contributed by atoms with van der Waals surface area (Å²) in [5, 5.41) is 5.40. The molecule has 0 amide bonds. The van der Waals surface area contributed by atoms with Crippen LogP contribution in [-0.2, 0) is 4.79 Å². The average Bonchev–Trinajstić information content (AvgIpc) is 1.84. The first-order chi connectivity index (χ1) is 4.97. The van der Waals surface area contributed by atoms with Gasteiger partial charge in [0, 0.05) is 0 Å². The van der Waals surface area contributed by atoms with Gasteiger partial charge < -0.3 is 0 Å². The lowest BCUT2D eigenvalue weighted by Gasteiger charge is -2.16. The van der Waals surface area contributed by atoms with Crippen molar-refractivity contribution in [3.8, 4) is 0 Å². The van der Waals surface area contributed by atoms with E-state index < -0.39 is 0 Å². The first kappa shape index (κ1) is 13.0. The summed E-state index contributed by atoms with van der Waals surface area (Å²) >= 11 is 0. The topological polar surface area (TPSA) is 40.9 Å². The number of hydrogen-bond acceptors (Lipinski definition) is 2. The molecule has 0 aromatic rings. The number of hydrogen-bond donors (Lipinski definition) is 1. The maximum atomic E-state index is 8.35. The van der Waals surface area contributed by atoms with E-state index in [1.54, 1.807) is 0 Å². The Kier molecular flexibility index (Phi) is 8.85. The zero-order valence-electron chi connectivity index (χ0n) is 8.03. The molecule has 0 rings (SSSR count). The third-order valence-electron chi connectivity index (χ3n) is 1.28. The van der Waals surface area contributed by atoms with Gasteiger partial charge in [-0.05, 0) is 11.8 Å². The van der Waals surface area contributed by atoms with Crippen molar-refractivity contribution < 1.29 is 4.79 Å². The fourth-order valence-corrected chi connectivity index (χ4v) is 0.707. The van der Waals surface area contributed by atoms with E-state index in [0.717, 1.165) is 6.08 Å². The van der Waals surface area contributed by atoms with Crippen LogP contribution < -0.4 is 0 Å². The maximum Gasteiger partial charge on any atom is 0.231 e. The monoisotopic (exact) mass is 157 g/mol. The molecule has 0 bridgehead atoms. The molecule has 0 aliphatic carbocycles. The number of isocyanates is 1. The molecule has 0 spiro atoms. The summed E-state index contributed by atoms with van der Waals surface area (Å²) in [7, 11) is 0. The normalized spacial score (nSPS) is 9.45. The lowest BCUT2D eigenvalue weighted by Crippen LogP contribution is -2.03. The second-order valence-corrected chi connectivity index (χ2v) is 3.77. The van der Waals surface area contributed by atoms with Gasteiger partial charge in [0.05, 0.1) is 0 Å². The lowest BCUT2D eigenvalue weighted by atomic mass is 9.90. The Morgan fingerprint density at radius 3 is 1.82 bits per heavy atom. The summed E-state index contributed by atoms with van der Waals surface area (Å²) in [6, 6.07) is 0. The molecule has 0 aliphatic rings. The molecular weight excluding hydrogens is 138 g/mol. The van der Waals surface area contributed by atoms with Gasteiger partial charge in [0.25, 0.3) is 0 Å². The van der Waals surface area contributed by atoms with Gasteiger partial charge in [0.15, 0.2) is 0 Å². The largest absolute Gasteiger partial charge is 0.231 e. The highest BCUT2D eigenvalue weighted by atomic mass is 16.1. The summed E-state index contributed by atoms with van der Waals surface area (Å²) in [5.74, 6) is 0. The Labute approximate surface area is 69.5 Å². The van der Waals surface area contributed by atoms with Crippen molar-refractivity contribution in [3.63, 3.8) is 0 Å². The van der Waals surface area contributed by atoms with E-state index in [2.05, 4.69) is 27.7 Å². The van der Waals surface area contributed by atoms with Crippen molar-refractivity contribution in [2.75, 3.05) is 0 Å². The molecule has 0 saturated heterocycles. The van der Waals surface area contributed by atoms with Gasteiger partial charge in [0.2, 0.25) is 6.08 Å². The molecule has 0 fully saturated rings. The quantitative estimate of drug-likeness (QED) is 0.485. The van der Waals surface area contributed by atoms with Crippen molar-refractivity contribution in [3.05, 3.63) is 0 Å². The minimum atomic E-state index is 0.552. The molecule has 2 nitrogen and oxygen atoms in total. The Bertz CT molecular complexity index is 107. The number of carbonyl (C=O) groups excluding carboxylic acids is 1. The van der Waals surface area contributed by atoms with Gasteiger partial charge in [-0.3, -0.25) is 0 Å². The standard InChI is InChI=1S/C8H18.CHNO/c1-5-6-7-8(2,3)4;2-1-3/h5-7H2,1-4H3;2H. The Balaban J connectivity index is 0. The van der Waals surface area contributed by atoms with Gasteiger partial charge in [-0.15, -0.1) is 0 Å². The van der Waals surface area contributed by atoms with Crippen LogP contribution in [0.15, 0.2) is 0 Å². The van der Waals surface area contributed by atoms with Gasteiger partial charge in [-0.1, -0.05) is 40.5 Å². The van der Waals surface area contributed by atoms with Gasteiger partial charge in [0.1, 0.15) is 0 Å². The molecule has 1 N–H and O–H groups in total. The first-order valence-electron chi connectivity index (χ1n) is 4.01. The van der Waals surface area contributed by atoms with E-state index in [9.17, 15) is 0 Å². The highest BCUT2D eigenvalue weighted by Gasteiger charge is 2.07. The summed E-state index contributed by atoms with van der Waals surface area (Å²) in [4.78, 5) is 8.35. The minimum Gasteiger partial charge on any atom is -0.222 e. The number of rotatable bonds is 2. The second kappa shape index (κ2) is 7.49. The van der Waals surface area contributed by atoms with E-state index in [-0.39, 0.29) is 0 Å². The van der Waals surface area contributed by atoms with Crippen LogP contribution in [0.5, 0.6) is 0 Å². The summed E-state index contributed by atoms with van der Waals surface area (Å²) in [5.41, 5.74) is 0.552. The zero-order valence-corrected chi connectivity index (χ0v) is 8.03. The van der Waals surface area contributed by atoms with Crippen molar-refractivity contribution >= 4 is 6.08 Å². The summed E-state index contributed by atoms with van der Waals surface area (Å²) in [6.45, 7) is 9.12. The molecule has 11 heavy (non-hydrogen) atoms. The molecule has 0 atom stereocenters. The molecule has 0 aliphatic heterocycles. The van der Waals surface area contributed by atoms with Crippen LogP contribution in [0, 0.1) is 10.8 Å². The Morgan fingerprint density at radius 2 is 1.73 bits per heavy atom. The highest BCUT2D eigenvalue weighted by Crippen LogP contribution is 2.20. The van der Waals surface area contributed by atoms with Crippen LogP contribution in [0.3, 0.4) is 0 Å². The Morgan fingerprint density at radius 1 is 1.36 bits per heavy atom. The van der Waals surface area contributed by atoms with E-state index in [0.29, 0.717) is 5.41 Å². The average molecular weight is 157 g/mol. The SMILES string of the molecule is CCCCC(C)(C)C.N=C=O. The van der Waals surface area contributed by atoms with Gasteiger partial charge >= 0.3 is 0 Å². The third kappa shape index (κ3) is 26.6. The summed E-state index contributed by atoms with van der Waals surface area (Å²) in [6.07, 6.45) is 4.82. The fourth-order valence-electron chi connectivity index (χ4n) is 0.707. The van der Waals surface area contributed by atoms with Crippen LogP contribution >= 0.6 is 0 Å². The minimum absolute atomic E-state index is 0.552. The molecule has 0 aromatic carbocycles. The second-order valence-electron chi connectivity index (χ2n) is 3.77. The predicted molar refractivity (Wildman–Crippen MR) is 47.4 cm³/mol. The van der Waals surface area contributed by atoms with Crippen molar-refractivity contribution in [1.82, 2.24) is 0 Å². The van der Waals surface area contributed by atoms with Gasteiger partial charge in [-0.25, -0.2) is 10.2 Å². The molecule has 0 radical (unpaired) electrons. The highest BCUT2D eigenvalue weighted by molar-refractivity contribution is 5.26. The molecule has 0 saturated carbocycles. The molecule has 0 aromatic heterocycles. The van der Waals surface area contributed by atoms with Crippen LogP contribution in [0.2, 0.25) is 0 Å². The fraction of sp³-hybridized carbons (Fsp3) is 0.889. The van der Waals surface area contributed by atoms with E-state index >= 15 is 0 Å². The van der Waals surface area contributed by atoms with Gasteiger partial charge in [-0.2, -0.15) is 0 Å². The molecular formula is C9H19NO. The zero-order chi connectivity index (χ0) is 9.33. The predicted octanol–water partition coefficient (Wildman–Crippen LogP) is 3.12. The van der Waals surface area contributed by atoms with Crippen LogP contribution in [-0.4, -0.2) is 6.08 Å². The summed E-state index contributed by atoms with van der Waals surface area (Å²) < 4.78 is 0. The van der Waals surface area contributed by atoms with E-state index in [1.165, 1.54) is 19.3 Å². The van der Waals surface area contributed by atoms with E-state index in [4.69, 9.17) is 10.2 Å². The first-order valence-corrected chi connectivity index (χ1v) is 4.01. The Hall–Kier alpha value is -0.620. The lowest BCUT2D eigenvalue weighted by molar-refractivity contribution is 0.363. The molecule has 2 heteroatoms. The number of nitrogens with one attached hydrogen (secondary N) is 1. The van der Waals surface area contributed by atoms with Crippen LogP contribution in [0.25, 0.3) is 0 Å². The van der Waals surface area contributed by atoms with Crippen molar-refractivity contribution in [2.45, 2.75) is 47.0 Å². The van der Waals surface area contributed by atoms with E-state index in [1.807, 2.05) is 0 Å². The number of unbranched alkanes of at least 4 members (excludes halogenated alkanes) is 1. The van der Waals surface area contributed by atoms with Crippen LogP contribution in [0.4, 0.5) is 0 Å². The van der Waals surface area contributed by atoms with Crippen molar-refractivity contribution in [1.29, 1.82) is 5.41 Å². The molecule has 66 valence electrons. The molecule has 0 unspecified atom stereocenters. The maximum absolute atomic E-state index is 8.35. The smallest absolute Gasteiger partial charge is 0.222 e.